The van der Waals surface area contributed by atoms with Gasteiger partial charge in [0.15, 0.2) is 6.79 Å². The van der Waals surface area contributed by atoms with E-state index in [1.54, 1.807) is 19.9 Å². The highest BCUT2D eigenvalue weighted by molar-refractivity contribution is 5.70. The Labute approximate surface area is 89.9 Å². The van der Waals surface area contributed by atoms with Crippen molar-refractivity contribution in [1.82, 2.24) is 0 Å². The lowest BCUT2D eigenvalue weighted by Crippen LogP contribution is -2.16. The molecule has 0 saturated heterocycles. The molecular weight excluding hydrogens is 200 g/mol. The lowest BCUT2D eigenvalue weighted by Gasteiger charge is -2.07. The second-order valence-electron chi connectivity index (χ2n) is 2.72. The average Bonchev–Trinajstić information content (AvgIpc) is 2.22. The van der Waals surface area contributed by atoms with Crippen LogP contribution in [0.3, 0.4) is 0 Å². The van der Waals surface area contributed by atoms with Gasteiger partial charge in [-0.25, -0.2) is 4.79 Å². The predicted octanol–water partition coefficient (Wildman–Crippen LogP) is 1.09. The van der Waals surface area contributed by atoms with Gasteiger partial charge in [0.1, 0.15) is 6.61 Å². The van der Waals surface area contributed by atoms with E-state index in [-0.39, 0.29) is 25.5 Å². The van der Waals surface area contributed by atoms with Gasteiger partial charge in [-0.2, -0.15) is 0 Å². The standard InChI is InChI=1S/C10H18O5/c1-4-14-10(11)7-15-9(2)5-6-13-8-12-3/h5-6,9H,4,7-8H2,1-3H3. The van der Waals surface area contributed by atoms with E-state index in [2.05, 4.69) is 4.74 Å². The Hall–Kier alpha value is -1.07. The van der Waals surface area contributed by atoms with Crippen LogP contribution < -0.4 is 0 Å². The van der Waals surface area contributed by atoms with Crippen molar-refractivity contribution in [2.75, 3.05) is 27.1 Å². The summed E-state index contributed by atoms with van der Waals surface area (Å²) in [5, 5.41) is 0. The third-order valence-electron chi connectivity index (χ3n) is 1.40. The molecule has 0 fully saturated rings. The maximum atomic E-state index is 10.9. The van der Waals surface area contributed by atoms with E-state index in [0.29, 0.717) is 6.61 Å². The average molecular weight is 218 g/mol. The van der Waals surface area contributed by atoms with E-state index < -0.39 is 0 Å². The van der Waals surface area contributed by atoms with Crippen LogP contribution in [0.2, 0.25) is 0 Å². The van der Waals surface area contributed by atoms with Crippen molar-refractivity contribution in [1.29, 1.82) is 0 Å². The first kappa shape index (κ1) is 13.9. The molecule has 0 aromatic heterocycles. The molecule has 0 aromatic carbocycles. The quantitative estimate of drug-likeness (QED) is 0.264. The molecule has 0 radical (unpaired) electrons. The Balaban J connectivity index is 3.51. The molecule has 0 aliphatic rings. The van der Waals surface area contributed by atoms with Gasteiger partial charge >= 0.3 is 5.97 Å². The van der Waals surface area contributed by atoms with Crippen LogP contribution in [0.15, 0.2) is 12.3 Å². The largest absolute Gasteiger partial charge is 0.475 e. The highest BCUT2D eigenvalue weighted by Gasteiger charge is 2.04. The van der Waals surface area contributed by atoms with Gasteiger partial charge in [-0.1, -0.05) is 0 Å². The fourth-order valence-electron chi connectivity index (χ4n) is 0.731. The smallest absolute Gasteiger partial charge is 0.332 e. The molecule has 1 atom stereocenters. The van der Waals surface area contributed by atoms with E-state index in [4.69, 9.17) is 14.2 Å². The minimum absolute atomic E-state index is 0.0520. The van der Waals surface area contributed by atoms with Gasteiger partial charge < -0.3 is 18.9 Å². The summed E-state index contributed by atoms with van der Waals surface area (Å²) in [6.07, 6.45) is 2.95. The Bertz CT molecular complexity index is 190. The summed E-state index contributed by atoms with van der Waals surface area (Å²) in [7, 11) is 1.54. The van der Waals surface area contributed by atoms with E-state index in [1.807, 2.05) is 0 Å². The van der Waals surface area contributed by atoms with E-state index in [0.717, 1.165) is 0 Å². The molecule has 5 heteroatoms. The van der Waals surface area contributed by atoms with Crippen LogP contribution in [-0.4, -0.2) is 39.2 Å². The summed E-state index contributed by atoms with van der Waals surface area (Å²) in [4.78, 5) is 10.9. The summed E-state index contributed by atoms with van der Waals surface area (Å²) in [5.41, 5.74) is 0. The molecule has 15 heavy (non-hydrogen) atoms. The predicted molar refractivity (Wildman–Crippen MR) is 54.1 cm³/mol. The van der Waals surface area contributed by atoms with E-state index >= 15 is 0 Å². The van der Waals surface area contributed by atoms with Crippen LogP contribution in [0.5, 0.6) is 0 Å². The minimum Gasteiger partial charge on any atom is -0.475 e. The maximum absolute atomic E-state index is 10.9. The second kappa shape index (κ2) is 9.48. The van der Waals surface area contributed by atoms with Crippen molar-refractivity contribution >= 4 is 5.97 Å². The molecule has 0 N–H and O–H groups in total. The zero-order chi connectivity index (χ0) is 11.5. The normalized spacial score (nSPS) is 12.7. The third-order valence-corrected chi connectivity index (χ3v) is 1.40. The molecule has 0 spiro atoms. The van der Waals surface area contributed by atoms with Crippen molar-refractivity contribution in [3.05, 3.63) is 12.3 Å². The molecule has 0 bridgehead atoms. The number of hydrogen-bond donors (Lipinski definition) is 0. The first-order valence-corrected chi connectivity index (χ1v) is 4.75. The lowest BCUT2D eigenvalue weighted by molar-refractivity contribution is -0.149. The van der Waals surface area contributed by atoms with Crippen molar-refractivity contribution in [3.8, 4) is 0 Å². The Morgan fingerprint density at radius 2 is 2.20 bits per heavy atom. The number of esters is 1. The van der Waals surface area contributed by atoms with Crippen LogP contribution in [0.4, 0.5) is 0 Å². The first-order valence-electron chi connectivity index (χ1n) is 4.75. The minimum atomic E-state index is -0.365. The number of carbonyl (C=O) groups is 1. The summed E-state index contributed by atoms with van der Waals surface area (Å²) in [6, 6.07) is 0. The Kier molecular flexibility index (Phi) is 8.81. The summed E-state index contributed by atoms with van der Waals surface area (Å²) in [5.74, 6) is -0.365. The zero-order valence-corrected chi connectivity index (χ0v) is 9.39. The van der Waals surface area contributed by atoms with Crippen LogP contribution in [0, 0.1) is 0 Å². The summed E-state index contributed by atoms with van der Waals surface area (Å²) in [6.45, 7) is 4.06. The van der Waals surface area contributed by atoms with Crippen LogP contribution in [-0.2, 0) is 23.7 Å². The van der Waals surface area contributed by atoms with Gasteiger partial charge in [0.25, 0.3) is 0 Å². The number of hydrogen-bond acceptors (Lipinski definition) is 5. The Morgan fingerprint density at radius 1 is 1.47 bits per heavy atom. The number of methoxy groups -OCH3 is 1. The molecule has 1 unspecified atom stereocenters. The topological polar surface area (TPSA) is 54.0 Å². The van der Waals surface area contributed by atoms with Crippen LogP contribution >= 0.6 is 0 Å². The highest BCUT2D eigenvalue weighted by Crippen LogP contribution is 1.94. The molecule has 0 rings (SSSR count). The molecule has 88 valence electrons. The molecule has 5 nitrogen and oxygen atoms in total. The van der Waals surface area contributed by atoms with Gasteiger partial charge in [-0.05, 0) is 19.9 Å². The van der Waals surface area contributed by atoms with Gasteiger partial charge in [-0.15, -0.1) is 0 Å². The Morgan fingerprint density at radius 3 is 2.80 bits per heavy atom. The lowest BCUT2D eigenvalue weighted by atomic mass is 10.4. The van der Waals surface area contributed by atoms with Gasteiger partial charge in [0.05, 0.1) is 19.0 Å². The molecule has 0 aliphatic carbocycles. The van der Waals surface area contributed by atoms with Crippen molar-refractivity contribution in [3.63, 3.8) is 0 Å². The van der Waals surface area contributed by atoms with Crippen molar-refractivity contribution < 1.29 is 23.7 Å². The fraction of sp³-hybridized carbons (Fsp3) is 0.700. The van der Waals surface area contributed by atoms with Crippen molar-refractivity contribution in [2.45, 2.75) is 20.0 Å². The van der Waals surface area contributed by atoms with Gasteiger partial charge in [-0.3, -0.25) is 0 Å². The SMILES string of the molecule is CCOC(=O)COC(C)C=COCOC. The van der Waals surface area contributed by atoms with E-state index in [9.17, 15) is 4.79 Å². The maximum Gasteiger partial charge on any atom is 0.332 e. The fourth-order valence-corrected chi connectivity index (χ4v) is 0.731. The molecule has 0 heterocycles. The zero-order valence-electron chi connectivity index (χ0n) is 9.39. The van der Waals surface area contributed by atoms with E-state index in [1.165, 1.54) is 13.4 Å². The van der Waals surface area contributed by atoms with Gasteiger partial charge in [0, 0.05) is 7.11 Å². The monoisotopic (exact) mass is 218 g/mol. The molecular formula is C10H18O5. The highest BCUT2D eigenvalue weighted by atomic mass is 16.7. The summed E-state index contributed by atoms with van der Waals surface area (Å²) >= 11 is 0. The van der Waals surface area contributed by atoms with Crippen LogP contribution in [0.1, 0.15) is 13.8 Å². The number of carbonyl (C=O) groups excluding carboxylic acids is 1. The number of ether oxygens (including phenoxy) is 4. The second-order valence-corrected chi connectivity index (χ2v) is 2.72. The molecule has 0 aliphatic heterocycles. The third kappa shape index (κ3) is 9.24. The van der Waals surface area contributed by atoms with Crippen LogP contribution in [0.25, 0.3) is 0 Å². The van der Waals surface area contributed by atoms with Gasteiger partial charge in [0.2, 0.25) is 0 Å². The summed E-state index contributed by atoms with van der Waals surface area (Å²) < 4.78 is 19.4. The van der Waals surface area contributed by atoms with Crippen molar-refractivity contribution in [2.24, 2.45) is 0 Å². The number of rotatable bonds is 8. The molecule has 0 aromatic rings. The molecule has 0 amide bonds. The molecule has 0 saturated carbocycles. The first-order chi connectivity index (χ1) is 7.20.